The molecule has 0 amide bonds. The molecular weight excluding hydrogens is 246 g/mol. The van der Waals surface area contributed by atoms with Crippen molar-refractivity contribution >= 4 is 17.1 Å². The van der Waals surface area contributed by atoms with Gasteiger partial charge in [0.1, 0.15) is 0 Å². The highest BCUT2D eigenvalue weighted by Crippen LogP contribution is 2.26. The van der Waals surface area contributed by atoms with Crippen molar-refractivity contribution in [1.29, 1.82) is 0 Å². The topological polar surface area (TPSA) is 37.8 Å². The molecule has 1 aliphatic carbocycles. The SMILES string of the molecule is CCCCCNC1CC=Cc2nc3ccccc3nc21. The standard InChI is InChI=1S/C17H21N3/c1-2-3-6-12-18-15-10-7-11-16-17(15)20-14-9-5-4-8-13(14)19-16/h4-5,7-9,11,15,18H,2-3,6,10,12H2,1H3. The van der Waals surface area contributed by atoms with Crippen LogP contribution < -0.4 is 5.32 Å². The van der Waals surface area contributed by atoms with Gasteiger partial charge in [0.2, 0.25) is 0 Å². The van der Waals surface area contributed by atoms with E-state index >= 15 is 0 Å². The molecule has 3 nitrogen and oxygen atoms in total. The fourth-order valence-corrected chi connectivity index (χ4v) is 2.67. The Morgan fingerprint density at radius 2 is 1.95 bits per heavy atom. The average molecular weight is 267 g/mol. The Bertz CT molecular complexity index is 619. The van der Waals surface area contributed by atoms with Gasteiger partial charge in [-0.25, -0.2) is 9.97 Å². The fraction of sp³-hybridized carbons (Fsp3) is 0.412. The van der Waals surface area contributed by atoms with Crippen molar-refractivity contribution in [2.24, 2.45) is 0 Å². The third-order valence-electron chi connectivity index (χ3n) is 3.77. The first-order valence-corrected chi connectivity index (χ1v) is 7.55. The second-order valence-electron chi connectivity index (χ2n) is 5.33. The monoisotopic (exact) mass is 267 g/mol. The number of nitrogens with one attached hydrogen (secondary N) is 1. The molecule has 0 fully saturated rings. The summed E-state index contributed by atoms with van der Waals surface area (Å²) in [7, 11) is 0. The highest BCUT2D eigenvalue weighted by Gasteiger charge is 2.19. The van der Waals surface area contributed by atoms with Crippen molar-refractivity contribution < 1.29 is 0 Å². The maximum atomic E-state index is 4.82. The molecule has 0 bridgehead atoms. The highest BCUT2D eigenvalue weighted by atomic mass is 15.0. The zero-order valence-corrected chi connectivity index (χ0v) is 12.0. The molecule has 104 valence electrons. The molecule has 1 atom stereocenters. The van der Waals surface area contributed by atoms with Crippen LogP contribution in [0.3, 0.4) is 0 Å². The number of hydrogen-bond donors (Lipinski definition) is 1. The Kier molecular flexibility index (Phi) is 4.07. The van der Waals surface area contributed by atoms with Gasteiger partial charge in [-0.2, -0.15) is 0 Å². The van der Waals surface area contributed by atoms with Crippen molar-refractivity contribution in [3.8, 4) is 0 Å². The first-order valence-electron chi connectivity index (χ1n) is 7.55. The van der Waals surface area contributed by atoms with Crippen LogP contribution in [0.25, 0.3) is 17.1 Å². The van der Waals surface area contributed by atoms with Crippen molar-refractivity contribution in [2.45, 2.75) is 38.6 Å². The van der Waals surface area contributed by atoms with Gasteiger partial charge < -0.3 is 5.32 Å². The van der Waals surface area contributed by atoms with Gasteiger partial charge in [-0.05, 0) is 37.6 Å². The van der Waals surface area contributed by atoms with Gasteiger partial charge in [0.05, 0.1) is 28.5 Å². The quantitative estimate of drug-likeness (QED) is 0.836. The molecule has 3 heteroatoms. The lowest BCUT2D eigenvalue weighted by molar-refractivity contribution is 0.504. The molecule has 1 N–H and O–H groups in total. The molecule has 0 saturated carbocycles. The molecule has 2 aromatic rings. The highest BCUT2D eigenvalue weighted by molar-refractivity contribution is 5.76. The van der Waals surface area contributed by atoms with Crippen LogP contribution in [0.1, 0.15) is 50.0 Å². The van der Waals surface area contributed by atoms with Gasteiger partial charge in [0, 0.05) is 0 Å². The molecule has 1 unspecified atom stereocenters. The lowest BCUT2D eigenvalue weighted by Crippen LogP contribution is -2.25. The van der Waals surface area contributed by atoms with E-state index in [2.05, 4.69) is 24.4 Å². The average Bonchev–Trinajstić information content (AvgIpc) is 2.50. The lowest BCUT2D eigenvalue weighted by atomic mass is 10.0. The number of para-hydroxylation sites is 2. The summed E-state index contributed by atoms with van der Waals surface area (Å²) >= 11 is 0. The molecule has 1 heterocycles. The number of benzene rings is 1. The van der Waals surface area contributed by atoms with Crippen molar-refractivity contribution in [3.05, 3.63) is 41.7 Å². The molecule has 0 aliphatic heterocycles. The largest absolute Gasteiger partial charge is 0.308 e. The Labute approximate surface area is 120 Å². The summed E-state index contributed by atoms with van der Waals surface area (Å²) in [6.07, 6.45) is 9.07. The van der Waals surface area contributed by atoms with E-state index in [-0.39, 0.29) is 0 Å². The number of fused-ring (bicyclic) bond motifs is 2. The van der Waals surface area contributed by atoms with E-state index in [9.17, 15) is 0 Å². The van der Waals surface area contributed by atoms with E-state index in [1.165, 1.54) is 19.3 Å². The van der Waals surface area contributed by atoms with Gasteiger partial charge >= 0.3 is 0 Å². The molecule has 1 aromatic carbocycles. The van der Waals surface area contributed by atoms with Gasteiger partial charge in [-0.3, -0.25) is 0 Å². The number of nitrogens with zero attached hydrogens (tertiary/aromatic N) is 2. The number of unbranched alkanes of at least 4 members (excludes halogenated alkanes) is 2. The maximum absolute atomic E-state index is 4.82. The van der Waals surface area contributed by atoms with Crippen LogP contribution in [0.5, 0.6) is 0 Å². The molecule has 0 radical (unpaired) electrons. The summed E-state index contributed by atoms with van der Waals surface area (Å²) in [5.41, 5.74) is 4.08. The van der Waals surface area contributed by atoms with E-state index in [0.29, 0.717) is 6.04 Å². The van der Waals surface area contributed by atoms with Crippen molar-refractivity contribution in [3.63, 3.8) is 0 Å². The Morgan fingerprint density at radius 1 is 1.15 bits per heavy atom. The van der Waals surface area contributed by atoms with Gasteiger partial charge in [-0.15, -0.1) is 0 Å². The van der Waals surface area contributed by atoms with Crippen molar-refractivity contribution in [1.82, 2.24) is 15.3 Å². The lowest BCUT2D eigenvalue weighted by Gasteiger charge is -2.21. The molecule has 1 aromatic heterocycles. The first-order chi connectivity index (χ1) is 9.88. The molecule has 20 heavy (non-hydrogen) atoms. The third-order valence-corrected chi connectivity index (χ3v) is 3.77. The summed E-state index contributed by atoms with van der Waals surface area (Å²) in [5.74, 6) is 0. The maximum Gasteiger partial charge on any atom is 0.0894 e. The normalized spacial score (nSPS) is 17.4. The molecular formula is C17H21N3. The molecule has 0 spiro atoms. The summed E-state index contributed by atoms with van der Waals surface area (Å²) in [5, 5.41) is 3.62. The van der Waals surface area contributed by atoms with Crippen LogP contribution in [0, 0.1) is 0 Å². The first kappa shape index (κ1) is 13.3. The summed E-state index contributed by atoms with van der Waals surface area (Å²) < 4.78 is 0. The van der Waals surface area contributed by atoms with Crippen LogP contribution in [0.15, 0.2) is 30.3 Å². The van der Waals surface area contributed by atoms with Crippen LogP contribution in [-0.2, 0) is 0 Å². The minimum absolute atomic E-state index is 0.309. The van der Waals surface area contributed by atoms with Gasteiger partial charge in [0.15, 0.2) is 0 Å². The number of hydrogen-bond acceptors (Lipinski definition) is 3. The molecule has 0 saturated heterocycles. The predicted octanol–water partition coefficient (Wildman–Crippen LogP) is 3.87. The predicted molar refractivity (Wildman–Crippen MR) is 83.5 cm³/mol. The van der Waals surface area contributed by atoms with Crippen LogP contribution in [-0.4, -0.2) is 16.5 Å². The third kappa shape index (κ3) is 2.73. The smallest absolute Gasteiger partial charge is 0.0894 e. The summed E-state index contributed by atoms with van der Waals surface area (Å²) in [4.78, 5) is 9.54. The second-order valence-corrected chi connectivity index (χ2v) is 5.33. The van der Waals surface area contributed by atoms with Crippen molar-refractivity contribution in [2.75, 3.05) is 6.54 Å². The zero-order valence-electron chi connectivity index (χ0n) is 12.0. The molecule has 3 rings (SSSR count). The Morgan fingerprint density at radius 3 is 2.75 bits per heavy atom. The number of aromatic nitrogens is 2. The van der Waals surface area contributed by atoms with E-state index in [4.69, 9.17) is 9.97 Å². The Hall–Kier alpha value is -1.74. The van der Waals surface area contributed by atoms with E-state index < -0.39 is 0 Å². The zero-order chi connectivity index (χ0) is 13.8. The number of rotatable bonds is 5. The summed E-state index contributed by atoms with van der Waals surface area (Å²) in [6, 6.07) is 8.40. The van der Waals surface area contributed by atoms with Crippen LogP contribution >= 0.6 is 0 Å². The van der Waals surface area contributed by atoms with E-state index in [1.807, 2.05) is 24.3 Å². The van der Waals surface area contributed by atoms with Gasteiger partial charge in [-0.1, -0.05) is 38.0 Å². The Balaban J connectivity index is 1.84. The van der Waals surface area contributed by atoms with Crippen LogP contribution in [0.2, 0.25) is 0 Å². The second kappa shape index (κ2) is 6.14. The van der Waals surface area contributed by atoms with Gasteiger partial charge in [0.25, 0.3) is 0 Å². The van der Waals surface area contributed by atoms with E-state index in [1.54, 1.807) is 0 Å². The molecule has 1 aliphatic rings. The minimum atomic E-state index is 0.309. The minimum Gasteiger partial charge on any atom is -0.308 e. The van der Waals surface area contributed by atoms with Crippen LogP contribution in [0.4, 0.5) is 0 Å². The summed E-state index contributed by atoms with van der Waals surface area (Å²) in [6.45, 7) is 3.29. The fourth-order valence-electron chi connectivity index (χ4n) is 2.67. The van der Waals surface area contributed by atoms with E-state index in [0.717, 1.165) is 35.4 Å².